The van der Waals surface area contributed by atoms with Gasteiger partial charge in [-0.1, -0.05) is 91.0 Å². The number of fused-ring (bicyclic) bond motifs is 1. The Morgan fingerprint density at radius 2 is 1.48 bits per heavy atom. The first kappa shape index (κ1) is 27.1. The number of nitro groups is 1. The van der Waals surface area contributed by atoms with E-state index < -0.39 is 22.5 Å². The molecule has 0 spiro atoms. The summed E-state index contributed by atoms with van der Waals surface area (Å²) in [5.41, 5.74) is 3.79. The van der Waals surface area contributed by atoms with Gasteiger partial charge in [0.1, 0.15) is 11.6 Å². The van der Waals surface area contributed by atoms with Crippen molar-refractivity contribution in [3.8, 4) is 0 Å². The molecule has 1 aliphatic rings. The zero-order chi connectivity index (χ0) is 29.3. The summed E-state index contributed by atoms with van der Waals surface area (Å²) >= 11 is 0. The Bertz CT molecular complexity index is 1620. The van der Waals surface area contributed by atoms with Crippen LogP contribution in [0.5, 0.6) is 0 Å². The predicted molar refractivity (Wildman–Crippen MR) is 160 cm³/mol. The molecule has 0 aliphatic carbocycles. The molecular formula is C34H30N4O4. The molecule has 1 aliphatic heterocycles. The highest BCUT2D eigenvalue weighted by molar-refractivity contribution is 5.93. The van der Waals surface area contributed by atoms with Crippen molar-refractivity contribution in [2.24, 2.45) is 0 Å². The summed E-state index contributed by atoms with van der Waals surface area (Å²) in [6, 6.07) is 35.0. The first-order valence-electron chi connectivity index (χ1n) is 13.9. The molecule has 2 heterocycles. The van der Waals surface area contributed by atoms with Crippen LogP contribution in [0.2, 0.25) is 0 Å². The van der Waals surface area contributed by atoms with Crippen LogP contribution in [0.4, 0.5) is 11.4 Å². The largest absolute Gasteiger partial charge is 0.386 e. The van der Waals surface area contributed by atoms with Crippen molar-refractivity contribution in [1.82, 2.24) is 9.55 Å². The minimum atomic E-state index is -1.05. The van der Waals surface area contributed by atoms with Gasteiger partial charge in [0.15, 0.2) is 0 Å². The molecule has 42 heavy (non-hydrogen) atoms. The van der Waals surface area contributed by atoms with Gasteiger partial charge in [-0.2, -0.15) is 0 Å². The van der Waals surface area contributed by atoms with Crippen LogP contribution in [-0.2, 0) is 10.3 Å². The Kier molecular flexibility index (Phi) is 7.14. The van der Waals surface area contributed by atoms with Crippen LogP contribution in [0.15, 0.2) is 122 Å². The topological polar surface area (TPSA) is 102 Å². The maximum Gasteiger partial charge on any atom is 0.269 e. The van der Waals surface area contributed by atoms with E-state index in [0.29, 0.717) is 29.9 Å². The van der Waals surface area contributed by atoms with Crippen LogP contribution in [0.1, 0.15) is 53.3 Å². The van der Waals surface area contributed by atoms with Crippen LogP contribution < -0.4 is 4.90 Å². The number of non-ortho nitro benzene ring substituents is 1. The number of nitro benzene ring substituents is 1. The molecule has 5 aromatic rings. The van der Waals surface area contributed by atoms with Gasteiger partial charge in [-0.05, 0) is 34.7 Å². The molecule has 4 aromatic carbocycles. The minimum absolute atomic E-state index is 0.0851. The third-order valence-corrected chi connectivity index (χ3v) is 8.20. The van der Waals surface area contributed by atoms with Gasteiger partial charge in [-0.25, -0.2) is 4.98 Å². The second-order valence-corrected chi connectivity index (χ2v) is 10.5. The fourth-order valence-corrected chi connectivity index (χ4v) is 6.26. The fraction of sp³-hybridized carbons (Fsp3) is 0.176. The lowest BCUT2D eigenvalue weighted by atomic mass is 9.76. The zero-order valence-corrected chi connectivity index (χ0v) is 23.1. The lowest BCUT2D eigenvalue weighted by Crippen LogP contribution is -2.37. The number of aliphatic hydroxyl groups excluding tert-OH is 1. The van der Waals surface area contributed by atoms with Crippen molar-refractivity contribution in [2.45, 2.75) is 30.9 Å². The van der Waals surface area contributed by atoms with Crippen molar-refractivity contribution in [3.63, 3.8) is 0 Å². The van der Waals surface area contributed by atoms with Gasteiger partial charge in [-0.3, -0.25) is 14.9 Å². The van der Waals surface area contributed by atoms with E-state index in [9.17, 15) is 20.0 Å². The number of amides is 1. The predicted octanol–water partition coefficient (Wildman–Crippen LogP) is 6.21. The molecule has 1 N–H and O–H groups in total. The van der Waals surface area contributed by atoms with Crippen LogP contribution >= 0.6 is 0 Å². The Morgan fingerprint density at radius 3 is 1.98 bits per heavy atom. The van der Waals surface area contributed by atoms with Crippen molar-refractivity contribution >= 4 is 17.3 Å². The lowest BCUT2D eigenvalue weighted by molar-refractivity contribution is -0.384. The highest BCUT2D eigenvalue weighted by atomic mass is 16.6. The monoisotopic (exact) mass is 558 g/mol. The van der Waals surface area contributed by atoms with Crippen molar-refractivity contribution in [2.75, 3.05) is 11.4 Å². The van der Waals surface area contributed by atoms with E-state index in [4.69, 9.17) is 4.98 Å². The van der Waals surface area contributed by atoms with Gasteiger partial charge < -0.3 is 14.6 Å². The number of aromatic nitrogens is 2. The summed E-state index contributed by atoms with van der Waals surface area (Å²) in [5.74, 6) is -0.640. The standard InChI is InChI=1S/C34H30N4O4/c1-24(39)37-20-19-29(30-21-28(38(41)42)17-18-32(30)37)33(40)31-22-36(23-35-31)34(25-11-5-2-6-12-25,26-13-7-3-8-14-26)27-15-9-4-10-16-27/h2-18,21-23,29,33,40H,19-20H2,1H3. The molecule has 6 rings (SSSR count). The average molecular weight is 559 g/mol. The van der Waals surface area contributed by atoms with Gasteiger partial charge >= 0.3 is 0 Å². The Morgan fingerprint density at radius 1 is 0.929 bits per heavy atom. The molecular weight excluding hydrogens is 528 g/mol. The summed E-state index contributed by atoms with van der Waals surface area (Å²) in [6.45, 7) is 1.87. The molecule has 0 fully saturated rings. The van der Waals surface area contributed by atoms with Crippen molar-refractivity contribution in [1.29, 1.82) is 0 Å². The van der Waals surface area contributed by atoms with E-state index in [2.05, 4.69) is 36.4 Å². The molecule has 1 amide bonds. The molecule has 8 heteroatoms. The molecule has 0 radical (unpaired) electrons. The summed E-state index contributed by atoms with van der Waals surface area (Å²) in [7, 11) is 0. The summed E-state index contributed by atoms with van der Waals surface area (Å²) in [5, 5.41) is 23.4. The second kappa shape index (κ2) is 11.1. The van der Waals surface area contributed by atoms with Crippen LogP contribution in [0.25, 0.3) is 0 Å². The number of imidazole rings is 1. The van der Waals surface area contributed by atoms with Crippen LogP contribution in [0.3, 0.4) is 0 Å². The molecule has 210 valence electrons. The molecule has 8 nitrogen and oxygen atoms in total. The third-order valence-electron chi connectivity index (χ3n) is 8.20. The second-order valence-electron chi connectivity index (χ2n) is 10.5. The number of aliphatic hydroxyl groups is 1. The maximum atomic E-state index is 12.4. The summed E-state index contributed by atoms with van der Waals surface area (Å²) < 4.78 is 2.03. The molecule has 0 saturated heterocycles. The molecule has 0 saturated carbocycles. The molecule has 1 aromatic heterocycles. The first-order valence-corrected chi connectivity index (χ1v) is 13.9. The SMILES string of the molecule is CC(=O)N1CCC(C(O)c2cn(C(c3ccccc3)(c3ccccc3)c3ccccc3)cn2)c2cc([N+](=O)[O-])ccc21. The highest BCUT2D eigenvalue weighted by Crippen LogP contribution is 2.45. The first-order chi connectivity index (χ1) is 20.4. The fourth-order valence-electron chi connectivity index (χ4n) is 6.26. The van der Waals surface area contributed by atoms with E-state index in [0.717, 1.165) is 16.7 Å². The van der Waals surface area contributed by atoms with Gasteiger partial charge in [0.05, 0.1) is 16.9 Å². The molecule has 2 unspecified atom stereocenters. The van der Waals surface area contributed by atoms with Crippen molar-refractivity contribution < 1.29 is 14.8 Å². The Balaban J connectivity index is 1.49. The number of rotatable bonds is 7. The van der Waals surface area contributed by atoms with E-state index in [-0.39, 0.29) is 11.6 Å². The van der Waals surface area contributed by atoms with Gasteiger partial charge in [-0.15, -0.1) is 0 Å². The number of hydrogen-bond donors (Lipinski definition) is 1. The number of nitrogens with zero attached hydrogens (tertiary/aromatic N) is 4. The average Bonchev–Trinajstić information content (AvgIpc) is 3.52. The third kappa shape index (κ3) is 4.55. The number of benzene rings is 4. The van der Waals surface area contributed by atoms with E-state index >= 15 is 0 Å². The zero-order valence-electron chi connectivity index (χ0n) is 23.1. The molecule has 0 bridgehead atoms. The van der Waals surface area contributed by atoms with Crippen molar-refractivity contribution in [3.05, 3.63) is 160 Å². The van der Waals surface area contributed by atoms with Crippen LogP contribution in [-0.4, -0.2) is 32.0 Å². The van der Waals surface area contributed by atoms with E-state index in [1.165, 1.54) is 19.1 Å². The highest BCUT2D eigenvalue weighted by Gasteiger charge is 2.40. The quantitative estimate of drug-likeness (QED) is 0.146. The number of carbonyl (C=O) groups excluding carboxylic acids is 1. The van der Waals surface area contributed by atoms with E-state index in [1.807, 2.05) is 65.4 Å². The number of carbonyl (C=O) groups is 1. The lowest BCUT2D eigenvalue weighted by Gasteiger charge is -2.37. The Hall–Kier alpha value is -5.08. The minimum Gasteiger partial charge on any atom is -0.386 e. The maximum absolute atomic E-state index is 12.4. The van der Waals surface area contributed by atoms with Gasteiger partial charge in [0.2, 0.25) is 5.91 Å². The number of hydrogen-bond acceptors (Lipinski definition) is 5. The number of anilines is 1. The van der Waals surface area contributed by atoms with Gasteiger partial charge in [0, 0.05) is 43.4 Å². The Labute approximate surface area is 243 Å². The smallest absolute Gasteiger partial charge is 0.269 e. The van der Waals surface area contributed by atoms with Crippen LogP contribution in [0, 0.1) is 10.1 Å². The summed E-state index contributed by atoms with van der Waals surface area (Å²) in [4.78, 5) is 29.8. The van der Waals surface area contributed by atoms with Gasteiger partial charge in [0.25, 0.3) is 5.69 Å². The van der Waals surface area contributed by atoms with E-state index in [1.54, 1.807) is 17.3 Å². The molecule has 2 atom stereocenters. The summed E-state index contributed by atoms with van der Waals surface area (Å²) in [6.07, 6.45) is 2.99. The normalized spacial score (nSPS) is 15.6.